The molecule has 1 aliphatic heterocycles. The molecule has 3 N–H and O–H groups in total. The summed E-state index contributed by atoms with van der Waals surface area (Å²) in [7, 11) is 0. The van der Waals surface area contributed by atoms with Crippen LogP contribution in [0.1, 0.15) is 19.8 Å². The van der Waals surface area contributed by atoms with Crippen LogP contribution < -0.4 is 15.4 Å². The molecule has 0 bridgehead atoms. The van der Waals surface area contributed by atoms with Crippen LogP contribution in [-0.4, -0.2) is 41.3 Å². The third-order valence-electron chi connectivity index (χ3n) is 3.78. The van der Waals surface area contributed by atoms with E-state index in [-0.39, 0.29) is 24.4 Å². The average Bonchev–Trinajstić information content (AvgIpc) is 3.22. The number of carbonyl (C=O) groups is 1. The summed E-state index contributed by atoms with van der Waals surface area (Å²) in [5.74, 6) is 0.686. The molecule has 1 amide bonds. The third kappa shape index (κ3) is 5.15. The molecule has 6 nitrogen and oxygen atoms in total. The van der Waals surface area contributed by atoms with Crippen molar-refractivity contribution in [1.82, 2.24) is 10.3 Å². The molecule has 0 radical (unpaired) electrons. The van der Waals surface area contributed by atoms with Gasteiger partial charge in [-0.25, -0.2) is 4.98 Å². The summed E-state index contributed by atoms with van der Waals surface area (Å²) in [4.78, 5) is 16.6. The predicted octanol–water partition coefficient (Wildman–Crippen LogP) is 2.68. The predicted molar refractivity (Wildman–Crippen MR) is 102 cm³/mol. The van der Waals surface area contributed by atoms with Crippen LogP contribution in [0, 0.1) is 0 Å². The van der Waals surface area contributed by atoms with Crippen molar-refractivity contribution in [3.63, 3.8) is 0 Å². The molecule has 2 heterocycles. The molecule has 3 rings (SSSR count). The summed E-state index contributed by atoms with van der Waals surface area (Å²) >= 11 is 1.39. The number of amides is 1. The number of benzene rings is 1. The first-order valence-electron chi connectivity index (χ1n) is 8.06. The van der Waals surface area contributed by atoms with Crippen molar-refractivity contribution in [2.45, 2.75) is 31.9 Å². The van der Waals surface area contributed by atoms with Crippen molar-refractivity contribution in [3.8, 4) is 17.0 Å². The van der Waals surface area contributed by atoms with E-state index in [4.69, 9.17) is 4.74 Å². The Balaban J connectivity index is 0.00000225. The number of β-amino-alcohol motifs (C(OH)–C–C–N with tert-alkyl or cyclic N) is 1. The van der Waals surface area contributed by atoms with Gasteiger partial charge in [0.2, 0.25) is 5.91 Å². The van der Waals surface area contributed by atoms with Crippen LogP contribution in [0.5, 0.6) is 5.75 Å². The second kappa shape index (κ2) is 9.15. The number of carbonyl (C=O) groups excluding carboxylic acids is 1. The lowest BCUT2D eigenvalue weighted by molar-refractivity contribution is -0.117. The number of aliphatic hydroxyl groups is 1. The Kier molecular flexibility index (Phi) is 7.19. The summed E-state index contributed by atoms with van der Waals surface area (Å²) in [5.41, 5.74) is 1.79. The molecular formula is C17H22ClN3O3S. The van der Waals surface area contributed by atoms with E-state index < -0.39 is 6.10 Å². The second-order valence-electron chi connectivity index (χ2n) is 5.75. The fraction of sp³-hybridized carbons (Fsp3) is 0.412. The molecular weight excluding hydrogens is 362 g/mol. The topological polar surface area (TPSA) is 83.5 Å². The zero-order chi connectivity index (χ0) is 16.9. The maximum atomic E-state index is 12.1. The SMILES string of the molecule is CCCOc1ccc(-c2csc(NC(=O)C3CC(O)CN3)n2)cc1.Cl. The molecule has 2 atom stereocenters. The van der Waals surface area contributed by atoms with Crippen LogP contribution in [0.2, 0.25) is 0 Å². The highest BCUT2D eigenvalue weighted by Crippen LogP contribution is 2.27. The highest BCUT2D eigenvalue weighted by Gasteiger charge is 2.28. The number of aliphatic hydroxyl groups excluding tert-OH is 1. The number of thiazole rings is 1. The molecule has 2 unspecified atom stereocenters. The number of hydrogen-bond donors (Lipinski definition) is 3. The van der Waals surface area contributed by atoms with Gasteiger partial charge in [0, 0.05) is 17.5 Å². The van der Waals surface area contributed by atoms with Crippen molar-refractivity contribution in [3.05, 3.63) is 29.6 Å². The number of ether oxygens (including phenoxy) is 1. The van der Waals surface area contributed by atoms with Gasteiger partial charge in [-0.1, -0.05) is 6.92 Å². The van der Waals surface area contributed by atoms with Crippen molar-refractivity contribution in [1.29, 1.82) is 0 Å². The van der Waals surface area contributed by atoms with Gasteiger partial charge in [-0.3, -0.25) is 4.79 Å². The molecule has 0 aliphatic carbocycles. The number of nitrogens with zero attached hydrogens (tertiary/aromatic N) is 1. The third-order valence-corrected chi connectivity index (χ3v) is 4.54. The monoisotopic (exact) mass is 383 g/mol. The Morgan fingerprint density at radius 2 is 2.20 bits per heavy atom. The molecule has 136 valence electrons. The quantitative estimate of drug-likeness (QED) is 0.714. The van der Waals surface area contributed by atoms with Gasteiger partial charge in [0.25, 0.3) is 0 Å². The fourth-order valence-corrected chi connectivity index (χ4v) is 3.24. The van der Waals surface area contributed by atoms with Gasteiger partial charge in [-0.15, -0.1) is 23.7 Å². The Morgan fingerprint density at radius 1 is 1.44 bits per heavy atom. The van der Waals surface area contributed by atoms with Gasteiger partial charge >= 0.3 is 0 Å². The highest BCUT2D eigenvalue weighted by molar-refractivity contribution is 7.14. The van der Waals surface area contributed by atoms with E-state index in [2.05, 4.69) is 22.5 Å². The minimum atomic E-state index is -0.457. The van der Waals surface area contributed by atoms with Crippen molar-refractivity contribution in [2.75, 3.05) is 18.5 Å². The van der Waals surface area contributed by atoms with E-state index in [0.717, 1.165) is 23.4 Å². The van der Waals surface area contributed by atoms with Gasteiger partial charge in [0.05, 0.1) is 24.4 Å². The number of halogens is 1. The smallest absolute Gasteiger partial charge is 0.243 e. The summed E-state index contributed by atoms with van der Waals surface area (Å²) < 4.78 is 5.57. The Hall–Kier alpha value is -1.67. The fourth-order valence-electron chi connectivity index (χ4n) is 2.51. The first-order chi connectivity index (χ1) is 11.7. The first kappa shape index (κ1) is 19.7. The number of hydrogen-bond acceptors (Lipinski definition) is 6. The van der Waals surface area contributed by atoms with E-state index in [1.54, 1.807) is 0 Å². The van der Waals surface area contributed by atoms with E-state index in [1.807, 2.05) is 29.6 Å². The highest BCUT2D eigenvalue weighted by atomic mass is 35.5. The van der Waals surface area contributed by atoms with Crippen LogP contribution in [0.15, 0.2) is 29.6 Å². The minimum Gasteiger partial charge on any atom is -0.494 e. The van der Waals surface area contributed by atoms with Crippen LogP contribution in [0.4, 0.5) is 5.13 Å². The lowest BCUT2D eigenvalue weighted by atomic mass is 10.2. The van der Waals surface area contributed by atoms with Crippen molar-refractivity contribution >= 4 is 34.8 Å². The molecule has 1 aromatic carbocycles. The number of anilines is 1. The largest absolute Gasteiger partial charge is 0.494 e. The van der Waals surface area contributed by atoms with Gasteiger partial charge in [0.15, 0.2) is 5.13 Å². The van der Waals surface area contributed by atoms with Gasteiger partial charge < -0.3 is 20.5 Å². The van der Waals surface area contributed by atoms with E-state index in [0.29, 0.717) is 24.7 Å². The second-order valence-corrected chi connectivity index (χ2v) is 6.61. The molecule has 1 aromatic heterocycles. The summed E-state index contributed by atoms with van der Waals surface area (Å²) in [6.45, 7) is 3.23. The van der Waals surface area contributed by atoms with Gasteiger partial charge in [-0.2, -0.15) is 0 Å². The van der Waals surface area contributed by atoms with Crippen LogP contribution in [0.25, 0.3) is 11.3 Å². The van der Waals surface area contributed by atoms with Crippen molar-refractivity contribution < 1.29 is 14.6 Å². The van der Waals surface area contributed by atoms with Crippen LogP contribution in [-0.2, 0) is 4.79 Å². The molecule has 0 saturated carbocycles. The van der Waals surface area contributed by atoms with E-state index >= 15 is 0 Å². The number of nitrogens with one attached hydrogen (secondary N) is 2. The lowest BCUT2D eigenvalue weighted by Gasteiger charge is -2.08. The summed E-state index contributed by atoms with van der Waals surface area (Å²) in [6, 6.07) is 7.40. The van der Waals surface area contributed by atoms with E-state index in [9.17, 15) is 9.90 Å². The molecule has 1 fully saturated rings. The molecule has 1 aliphatic rings. The lowest BCUT2D eigenvalue weighted by Crippen LogP contribution is -2.35. The molecule has 1 saturated heterocycles. The van der Waals surface area contributed by atoms with Gasteiger partial charge in [-0.05, 0) is 37.1 Å². The first-order valence-corrected chi connectivity index (χ1v) is 8.94. The van der Waals surface area contributed by atoms with E-state index in [1.165, 1.54) is 11.3 Å². The van der Waals surface area contributed by atoms with Crippen LogP contribution >= 0.6 is 23.7 Å². The summed E-state index contributed by atoms with van der Waals surface area (Å²) in [5, 5.41) is 17.7. The zero-order valence-corrected chi connectivity index (χ0v) is 15.5. The summed E-state index contributed by atoms with van der Waals surface area (Å²) in [6.07, 6.45) is 0.952. The van der Waals surface area contributed by atoms with Crippen molar-refractivity contribution in [2.24, 2.45) is 0 Å². The Morgan fingerprint density at radius 3 is 2.84 bits per heavy atom. The standard InChI is InChI=1S/C17H21N3O3S.ClH/c1-2-7-23-13-5-3-11(4-6-13)15-10-24-17(19-15)20-16(22)14-8-12(21)9-18-14;/h3-6,10,12,14,18,21H,2,7-9H2,1H3,(H,19,20,22);1H. The number of aromatic nitrogens is 1. The normalized spacial score (nSPS) is 19.3. The Bertz CT molecular complexity index is 693. The molecule has 2 aromatic rings. The Labute approximate surface area is 157 Å². The minimum absolute atomic E-state index is 0. The molecule has 0 spiro atoms. The molecule has 8 heteroatoms. The average molecular weight is 384 g/mol. The number of rotatable bonds is 6. The maximum Gasteiger partial charge on any atom is 0.243 e. The zero-order valence-electron chi connectivity index (χ0n) is 13.9. The van der Waals surface area contributed by atoms with Gasteiger partial charge in [0.1, 0.15) is 5.75 Å². The maximum absolute atomic E-state index is 12.1. The van der Waals surface area contributed by atoms with Crippen LogP contribution in [0.3, 0.4) is 0 Å². The molecule has 25 heavy (non-hydrogen) atoms.